The van der Waals surface area contributed by atoms with Gasteiger partial charge < -0.3 is 4.42 Å². The molecule has 0 radical (unpaired) electrons. The molecule has 1 aliphatic rings. The van der Waals surface area contributed by atoms with E-state index in [4.69, 9.17) is 9.40 Å². The molecule has 7 aromatic carbocycles. The van der Waals surface area contributed by atoms with Crippen molar-refractivity contribution in [1.82, 2.24) is 9.55 Å². The Labute approximate surface area is 325 Å². The van der Waals surface area contributed by atoms with Crippen molar-refractivity contribution in [2.75, 3.05) is 0 Å². The van der Waals surface area contributed by atoms with Gasteiger partial charge in [-0.3, -0.25) is 4.57 Å². The van der Waals surface area contributed by atoms with E-state index >= 15 is 0 Å². The molecule has 56 heavy (non-hydrogen) atoms. The maximum Gasteiger partial charge on any atom is 0.138 e. The summed E-state index contributed by atoms with van der Waals surface area (Å²) in [7, 11) is 0. The van der Waals surface area contributed by atoms with Crippen LogP contribution >= 0.6 is 0 Å². The first kappa shape index (κ1) is 32.2. The summed E-state index contributed by atoms with van der Waals surface area (Å²) in [4.78, 5) is 5.46. The number of furan rings is 1. The molecule has 10 aromatic rings. The fraction of sp³-hybridized carbons (Fsp3) is 0.0377. The molecular formula is C53H36N2O. The maximum absolute atomic E-state index is 6.15. The van der Waals surface area contributed by atoms with Gasteiger partial charge in [0.2, 0.25) is 0 Å². The number of nitrogens with zero attached hydrogens (tertiary/aromatic N) is 2. The van der Waals surface area contributed by atoms with Crippen LogP contribution in [0.1, 0.15) is 23.6 Å². The minimum absolute atomic E-state index is 0.354. The molecule has 0 amide bonds. The zero-order valence-corrected chi connectivity index (χ0v) is 30.6. The smallest absolute Gasteiger partial charge is 0.138 e. The van der Waals surface area contributed by atoms with Gasteiger partial charge in [0.15, 0.2) is 0 Å². The summed E-state index contributed by atoms with van der Waals surface area (Å²) < 4.78 is 8.49. The third-order valence-corrected chi connectivity index (χ3v) is 11.4. The molecule has 0 aliphatic heterocycles. The van der Waals surface area contributed by atoms with Gasteiger partial charge in [-0.05, 0) is 99.5 Å². The van der Waals surface area contributed by atoms with Crippen molar-refractivity contribution < 1.29 is 4.42 Å². The predicted octanol–water partition coefficient (Wildman–Crippen LogP) is 14.2. The first-order valence-corrected chi connectivity index (χ1v) is 19.3. The van der Waals surface area contributed by atoms with Gasteiger partial charge in [0.05, 0.1) is 16.7 Å². The third-order valence-electron chi connectivity index (χ3n) is 11.4. The number of aromatic nitrogens is 2. The second-order valence-electron chi connectivity index (χ2n) is 14.7. The SMILES string of the molecule is C1=CC(c2ccccc2)CC=C1c1cc(-c2ccc(-c3ccccc3)cc2)cc(-n2c3ccccc3c3cc(-c4ccc5oc6ccccc6c5c4)ccc32)n1. The van der Waals surface area contributed by atoms with Gasteiger partial charge in [0.25, 0.3) is 0 Å². The van der Waals surface area contributed by atoms with E-state index in [2.05, 4.69) is 193 Å². The Morgan fingerprint density at radius 3 is 1.86 bits per heavy atom. The van der Waals surface area contributed by atoms with Crippen LogP contribution in [0.25, 0.3) is 88.5 Å². The van der Waals surface area contributed by atoms with E-state index in [1.54, 1.807) is 0 Å². The van der Waals surface area contributed by atoms with Crippen LogP contribution < -0.4 is 0 Å². The number of rotatable bonds is 6. The molecule has 11 rings (SSSR count). The summed E-state index contributed by atoms with van der Waals surface area (Å²) in [6.07, 6.45) is 7.87. The zero-order chi connectivity index (χ0) is 37.0. The van der Waals surface area contributed by atoms with E-state index in [-0.39, 0.29) is 0 Å². The fourth-order valence-corrected chi connectivity index (χ4v) is 8.49. The van der Waals surface area contributed by atoms with Gasteiger partial charge in [0.1, 0.15) is 17.0 Å². The summed E-state index contributed by atoms with van der Waals surface area (Å²) in [6, 6.07) is 65.1. The van der Waals surface area contributed by atoms with E-state index in [9.17, 15) is 0 Å². The highest BCUT2D eigenvalue weighted by Gasteiger charge is 2.19. The monoisotopic (exact) mass is 716 g/mol. The van der Waals surface area contributed by atoms with Crippen molar-refractivity contribution in [3.63, 3.8) is 0 Å². The van der Waals surface area contributed by atoms with Crippen molar-refractivity contribution in [2.24, 2.45) is 0 Å². The molecule has 0 saturated heterocycles. The molecule has 3 heterocycles. The normalized spacial score (nSPS) is 14.2. The van der Waals surface area contributed by atoms with E-state index < -0.39 is 0 Å². The van der Waals surface area contributed by atoms with Gasteiger partial charge in [-0.2, -0.15) is 0 Å². The Hall–Kier alpha value is -7.23. The molecule has 1 atom stereocenters. The Kier molecular flexibility index (Phi) is 7.63. The maximum atomic E-state index is 6.15. The Balaban J connectivity index is 1.06. The van der Waals surface area contributed by atoms with Crippen LogP contribution in [0.3, 0.4) is 0 Å². The largest absolute Gasteiger partial charge is 0.456 e. The molecule has 264 valence electrons. The van der Waals surface area contributed by atoms with Gasteiger partial charge in [-0.15, -0.1) is 0 Å². The minimum atomic E-state index is 0.354. The van der Waals surface area contributed by atoms with Crippen LogP contribution in [0.2, 0.25) is 0 Å². The van der Waals surface area contributed by atoms with Gasteiger partial charge in [0, 0.05) is 27.5 Å². The third kappa shape index (κ3) is 5.56. The summed E-state index contributed by atoms with van der Waals surface area (Å²) >= 11 is 0. The molecule has 3 aromatic heterocycles. The van der Waals surface area contributed by atoms with Crippen LogP contribution in [-0.4, -0.2) is 9.55 Å². The Bertz CT molecular complexity index is 3150. The fourth-order valence-electron chi connectivity index (χ4n) is 8.49. The summed E-state index contributed by atoms with van der Waals surface area (Å²) in [6.45, 7) is 0. The number of para-hydroxylation sites is 2. The van der Waals surface area contributed by atoms with Crippen molar-refractivity contribution >= 4 is 49.3 Å². The predicted molar refractivity (Wildman–Crippen MR) is 233 cm³/mol. The van der Waals surface area contributed by atoms with Crippen molar-refractivity contribution in [3.8, 4) is 39.2 Å². The van der Waals surface area contributed by atoms with Crippen LogP contribution in [0, 0.1) is 0 Å². The van der Waals surface area contributed by atoms with Crippen molar-refractivity contribution in [1.29, 1.82) is 0 Å². The van der Waals surface area contributed by atoms with E-state index in [1.807, 2.05) is 12.1 Å². The summed E-state index contributed by atoms with van der Waals surface area (Å²) in [5.41, 5.74) is 14.5. The Morgan fingerprint density at radius 2 is 1.07 bits per heavy atom. The molecule has 0 spiro atoms. The first-order valence-electron chi connectivity index (χ1n) is 19.3. The highest BCUT2D eigenvalue weighted by atomic mass is 16.3. The molecule has 0 N–H and O–H groups in total. The lowest BCUT2D eigenvalue weighted by molar-refractivity contribution is 0.669. The van der Waals surface area contributed by atoms with Gasteiger partial charge >= 0.3 is 0 Å². The molecule has 3 heteroatoms. The number of hydrogen-bond donors (Lipinski definition) is 0. The first-order chi connectivity index (χ1) is 27.7. The van der Waals surface area contributed by atoms with Crippen molar-refractivity contribution in [3.05, 3.63) is 211 Å². The van der Waals surface area contributed by atoms with Crippen LogP contribution in [-0.2, 0) is 0 Å². The van der Waals surface area contributed by atoms with Gasteiger partial charge in [-0.25, -0.2) is 4.98 Å². The number of hydrogen-bond acceptors (Lipinski definition) is 2. The molecular weight excluding hydrogens is 681 g/mol. The molecule has 1 unspecified atom stereocenters. The topological polar surface area (TPSA) is 31.0 Å². The minimum Gasteiger partial charge on any atom is -0.456 e. The molecule has 3 nitrogen and oxygen atoms in total. The quantitative estimate of drug-likeness (QED) is 0.172. The average molecular weight is 717 g/mol. The van der Waals surface area contributed by atoms with Gasteiger partial charge in [-0.1, -0.05) is 152 Å². The lowest BCUT2D eigenvalue weighted by atomic mass is 9.89. The van der Waals surface area contributed by atoms with E-state index in [0.717, 1.165) is 73.2 Å². The van der Waals surface area contributed by atoms with Crippen LogP contribution in [0.5, 0.6) is 0 Å². The number of pyridine rings is 1. The highest BCUT2D eigenvalue weighted by Crippen LogP contribution is 2.39. The molecule has 0 saturated carbocycles. The number of fused-ring (bicyclic) bond motifs is 6. The van der Waals surface area contributed by atoms with Crippen LogP contribution in [0.4, 0.5) is 0 Å². The highest BCUT2D eigenvalue weighted by molar-refractivity contribution is 6.11. The standard InChI is InChI=1S/C53H36N2O/c1-3-11-35(12-4-1)37-19-21-39(22-20-37)43-33-48(40-25-23-38(24-26-40)36-13-5-2-6-14-36)54-53(34-43)55-49-17-9-7-15-44(49)46-31-41(27-29-50(46)55)42-28-30-52-47(32-42)45-16-8-10-18-51(45)56-52/h1-23,25-34,38H,24H2. The molecule has 0 fully saturated rings. The van der Waals surface area contributed by atoms with E-state index in [0.29, 0.717) is 5.92 Å². The van der Waals surface area contributed by atoms with E-state index in [1.165, 1.54) is 33.0 Å². The second kappa shape index (κ2) is 13.3. The van der Waals surface area contributed by atoms with Crippen molar-refractivity contribution in [2.45, 2.75) is 12.3 Å². The summed E-state index contributed by atoms with van der Waals surface area (Å²) in [5, 5.41) is 4.66. The summed E-state index contributed by atoms with van der Waals surface area (Å²) in [5.74, 6) is 1.25. The Morgan fingerprint density at radius 1 is 0.464 bits per heavy atom. The number of allylic oxidation sites excluding steroid dienone is 4. The molecule has 1 aliphatic carbocycles. The molecule has 0 bridgehead atoms. The number of benzene rings is 7. The lowest BCUT2D eigenvalue weighted by Crippen LogP contribution is -2.03. The second-order valence-corrected chi connectivity index (χ2v) is 14.7. The average Bonchev–Trinajstić information content (AvgIpc) is 3.82. The zero-order valence-electron chi connectivity index (χ0n) is 30.6. The van der Waals surface area contributed by atoms with Crippen LogP contribution in [0.15, 0.2) is 205 Å². The lowest BCUT2D eigenvalue weighted by Gasteiger charge is -2.18.